The quantitative estimate of drug-likeness (QED) is 0.888. The van der Waals surface area contributed by atoms with Crippen LogP contribution in [0.1, 0.15) is 24.9 Å². The second kappa shape index (κ2) is 7.67. The predicted octanol–water partition coefficient (Wildman–Crippen LogP) is 2.20. The van der Waals surface area contributed by atoms with E-state index in [4.69, 9.17) is 5.73 Å². The van der Waals surface area contributed by atoms with Crippen molar-refractivity contribution in [3.63, 3.8) is 0 Å². The SMILES string of the molecule is CC(c1ccccc1)n1nccc1NC(=O)CCN.Cl. The molecule has 0 radical (unpaired) electrons. The molecular formula is C14H19ClN4O. The summed E-state index contributed by atoms with van der Waals surface area (Å²) in [5.41, 5.74) is 6.50. The minimum absolute atomic E-state index is 0. The Morgan fingerprint density at radius 1 is 1.35 bits per heavy atom. The van der Waals surface area contributed by atoms with Crippen molar-refractivity contribution in [1.29, 1.82) is 0 Å². The van der Waals surface area contributed by atoms with Gasteiger partial charge in [0.15, 0.2) is 0 Å². The number of rotatable bonds is 5. The number of carbonyl (C=O) groups is 1. The summed E-state index contributed by atoms with van der Waals surface area (Å²) < 4.78 is 1.80. The van der Waals surface area contributed by atoms with Gasteiger partial charge in [-0.15, -0.1) is 12.4 Å². The Hall–Kier alpha value is -1.85. The number of carbonyl (C=O) groups excluding carboxylic acids is 1. The van der Waals surface area contributed by atoms with Crippen LogP contribution in [-0.2, 0) is 4.79 Å². The van der Waals surface area contributed by atoms with E-state index in [1.807, 2.05) is 37.3 Å². The minimum atomic E-state index is -0.0930. The minimum Gasteiger partial charge on any atom is -0.330 e. The van der Waals surface area contributed by atoms with Crippen LogP contribution < -0.4 is 11.1 Å². The van der Waals surface area contributed by atoms with Crippen LogP contribution in [0.3, 0.4) is 0 Å². The molecule has 1 amide bonds. The van der Waals surface area contributed by atoms with Gasteiger partial charge in [-0.2, -0.15) is 5.10 Å². The average molecular weight is 295 g/mol. The third-order valence-electron chi connectivity index (χ3n) is 2.96. The molecule has 1 aromatic carbocycles. The second-order valence-electron chi connectivity index (χ2n) is 4.33. The maximum Gasteiger partial charge on any atom is 0.226 e. The summed E-state index contributed by atoms with van der Waals surface area (Å²) >= 11 is 0. The molecule has 0 fully saturated rings. The van der Waals surface area contributed by atoms with Crippen LogP contribution in [0, 0.1) is 0 Å². The van der Waals surface area contributed by atoms with Gasteiger partial charge in [-0.25, -0.2) is 4.68 Å². The molecular weight excluding hydrogens is 276 g/mol. The van der Waals surface area contributed by atoms with Crippen molar-refractivity contribution < 1.29 is 4.79 Å². The van der Waals surface area contributed by atoms with Crippen molar-refractivity contribution >= 4 is 24.1 Å². The van der Waals surface area contributed by atoms with Gasteiger partial charge < -0.3 is 11.1 Å². The Balaban J connectivity index is 0.00000200. The highest BCUT2D eigenvalue weighted by molar-refractivity contribution is 5.89. The number of nitrogens with two attached hydrogens (primary N) is 1. The van der Waals surface area contributed by atoms with Crippen molar-refractivity contribution in [2.75, 3.05) is 11.9 Å². The maximum absolute atomic E-state index is 11.6. The van der Waals surface area contributed by atoms with Gasteiger partial charge >= 0.3 is 0 Å². The van der Waals surface area contributed by atoms with E-state index in [1.54, 1.807) is 16.9 Å². The normalized spacial score (nSPS) is 11.5. The molecule has 1 atom stereocenters. The van der Waals surface area contributed by atoms with Crippen molar-refractivity contribution in [2.45, 2.75) is 19.4 Å². The Bertz CT molecular complexity index is 541. The van der Waals surface area contributed by atoms with Gasteiger partial charge in [0.25, 0.3) is 0 Å². The van der Waals surface area contributed by atoms with E-state index in [-0.39, 0.29) is 24.4 Å². The Labute approximate surface area is 124 Å². The van der Waals surface area contributed by atoms with Gasteiger partial charge in [0.2, 0.25) is 5.91 Å². The lowest BCUT2D eigenvalue weighted by Gasteiger charge is -2.16. The molecule has 2 rings (SSSR count). The topological polar surface area (TPSA) is 72.9 Å². The average Bonchev–Trinajstić information content (AvgIpc) is 2.87. The Morgan fingerprint density at radius 3 is 2.70 bits per heavy atom. The fourth-order valence-electron chi connectivity index (χ4n) is 1.93. The molecule has 0 aliphatic rings. The van der Waals surface area contributed by atoms with Crippen LogP contribution in [0.2, 0.25) is 0 Å². The highest BCUT2D eigenvalue weighted by Crippen LogP contribution is 2.21. The molecule has 6 heteroatoms. The zero-order valence-electron chi connectivity index (χ0n) is 11.3. The number of hydrogen-bond acceptors (Lipinski definition) is 3. The lowest BCUT2D eigenvalue weighted by atomic mass is 10.1. The maximum atomic E-state index is 11.6. The van der Waals surface area contributed by atoms with Crippen LogP contribution in [-0.4, -0.2) is 22.2 Å². The molecule has 1 heterocycles. The number of halogens is 1. The van der Waals surface area contributed by atoms with E-state index >= 15 is 0 Å². The number of benzene rings is 1. The van der Waals surface area contributed by atoms with Crippen molar-refractivity contribution in [1.82, 2.24) is 9.78 Å². The molecule has 0 bridgehead atoms. The lowest BCUT2D eigenvalue weighted by Crippen LogP contribution is -2.20. The molecule has 0 aliphatic carbocycles. The third kappa shape index (κ3) is 3.82. The van der Waals surface area contributed by atoms with Gasteiger partial charge in [0.1, 0.15) is 5.82 Å². The van der Waals surface area contributed by atoms with E-state index in [9.17, 15) is 4.79 Å². The number of anilines is 1. The smallest absolute Gasteiger partial charge is 0.226 e. The predicted molar refractivity (Wildman–Crippen MR) is 82.0 cm³/mol. The Kier molecular flexibility index (Phi) is 6.21. The number of hydrogen-bond donors (Lipinski definition) is 2. The van der Waals surface area contributed by atoms with E-state index in [2.05, 4.69) is 10.4 Å². The summed E-state index contributed by atoms with van der Waals surface area (Å²) in [5.74, 6) is 0.597. The summed E-state index contributed by atoms with van der Waals surface area (Å²) in [6.07, 6.45) is 1.99. The monoisotopic (exact) mass is 294 g/mol. The molecule has 0 saturated carbocycles. The number of nitrogens with zero attached hydrogens (tertiary/aromatic N) is 2. The van der Waals surface area contributed by atoms with Gasteiger partial charge in [-0.05, 0) is 12.5 Å². The van der Waals surface area contributed by atoms with Gasteiger partial charge in [-0.3, -0.25) is 4.79 Å². The van der Waals surface area contributed by atoms with Gasteiger partial charge in [0.05, 0.1) is 12.2 Å². The summed E-state index contributed by atoms with van der Waals surface area (Å²) in [6.45, 7) is 2.38. The lowest BCUT2D eigenvalue weighted by molar-refractivity contribution is -0.116. The van der Waals surface area contributed by atoms with Crippen molar-refractivity contribution in [3.05, 3.63) is 48.2 Å². The van der Waals surface area contributed by atoms with Crippen LogP contribution in [0.5, 0.6) is 0 Å². The van der Waals surface area contributed by atoms with Crippen LogP contribution in [0.4, 0.5) is 5.82 Å². The van der Waals surface area contributed by atoms with Crippen molar-refractivity contribution in [2.24, 2.45) is 5.73 Å². The van der Waals surface area contributed by atoms with E-state index in [0.29, 0.717) is 18.8 Å². The largest absolute Gasteiger partial charge is 0.330 e. The third-order valence-corrected chi connectivity index (χ3v) is 2.96. The molecule has 0 saturated heterocycles. The zero-order chi connectivity index (χ0) is 13.7. The highest BCUT2D eigenvalue weighted by Gasteiger charge is 2.13. The first kappa shape index (κ1) is 16.2. The van der Waals surface area contributed by atoms with Crippen molar-refractivity contribution in [3.8, 4) is 0 Å². The molecule has 1 aromatic heterocycles. The highest BCUT2D eigenvalue weighted by atomic mass is 35.5. The molecule has 3 N–H and O–H groups in total. The molecule has 1 unspecified atom stereocenters. The van der Waals surface area contributed by atoms with E-state index in [1.165, 1.54) is 0 Å². The standard InChI is InChI=1S/C14H18N4O.ClH/c1-11(12-5-3-2-4-6-12)18-13(8-10-16-18)17-14(19)7-9-15;/h2-6,8,10-11H,7,9,15H2,1H3,(H,17,19);1H. The van der Waals surface area contributed by atoms with Crippen LogP contribution in [0.15, 0.2) is 42.6 Å². The van der Waals surface area contributed by atoms with Crippen LogP contribution in [0.25, 0.3) is 0 Å². The summed E-state index contributed by atoms with van der Waals surface area (Å²) in [5, 5.41) is 7.10. The van der Waals surface area contributed by atoms with E-state index < -0.39 is 0 Å². The molecule has 20 heavy (non-hydrogen) atoms. The fourth-order valence-corrected chi connectivity index (χ4v) is 1.93. The first-order valence-corrected chi connectivity index (χ1v) is 6.30. The summed E-state index contributed by atoms with van der Waals surface area (Å²) in [6, 6.07) is 11.9. The van der Waals surface area contributed by atoms with Gasteiger partial charge in [-0.1, -0.05) is 30.3 Å². The summed E-state index contributed by atoms with van der Waals surface area (Å²) in [7, 11) is 0. The number of nitrogens with one attached hydrogen (secondary N) is 1. The molecule has 108 valence electrons. The number of aromatic nitrogens is 2. The van der Waals surface area contributed by atoms with Crippen LogP contribution >= 0.6 is 12.4 Å². The Morgan fingerprint density at radius 2 is 2.05 bits per heavy atom. The second-order valence-corrected chi connectivity index (χ2v) is 4.33. The fraction of sp³-hybridized carbons (Fsp3) is 0.286. The molecule has 0 spiro atoms. The van der Waals surface area contributed by atoms with E-state index in [0.717, 1.165) is 5.56 Å². The number of amides is 1. The molecule has 2 aromatic rings. The summed E-state index contributed by atoms with van der Waals surface area (Å²) in [4.78, 5) is 11.6. The first-order valence-electron chi connectivity index (χ1n) is 6.30. The first-order chi connectivity index (χ1) is 9.22. The molecule has 5 nitrogen and oxygen atoms in total. The molecule has 0 aliphatic heterocycles. The van der Waals surface area contributed by atoms with Gasteiger partial charge in [0, 0.05) is 19.0 Å². The zero-order valence-corrected chi connectivity index (χ0v) is 12.1.